The van der Waals surface area contributed by atoms with Crippen LogP contribution in [0, 0.1) is 0 Å². The van der Waals surface area contributed by atoms with Crippen molar-refractivity contribution >= 4 is 23.4 Å². The molecular weight excluding hydrogens is 258 g/mol. The summed E-state index contributed by atoms with van der Waals surface area (Å²) in [5.41, 5.74) is 0. The summed E-state index contributed by atoms with van der Waals surface area (Å²) in [6.07, 6.45) is 2.73. The fourth-order valence-electron chi connectivity index (χ4n) is 1.32. The molecule has 2 aromatic rings. The van der Waals surface area contributed by atoms with Crippen molar-refractivity contribution in [3.63, 3.8) is 0 Å². The first kappa shape index (κ1) is 12.3. The highest BCUT2D eigenvalue weighted by molar-refractivity contribution is 7.98. The zero-order valence-corrected chi connectivity index (χ0v) is 10.9. The second-order valence-corrected chi connectivity index (χ2v) is 4.77. The third-order valence-corrected chi connectivity index (χ3v) is 3.52. The van der Waals surface area contributed by atoms with E-state index < -0.39 is 0 Å². The minimum absolute atomic E-state index is 0.659. The Hall–Kier alpha value is -1.14. The van der Waals surface area contributed by atoms with Crippen molar-refractivity contribution in [2.45, 2.75) is 30.7 Å². The van der Waals surface area contributed by atoms with E-state index in [2.05, 4.69) is 27.4 Å². The molecule has 0 atom stereocenters. The minimum Gasteiger partial charge on any atom is -0.248 e. The molecule has 0 aliphatic heterocycles. The Morgan fingerprint density at radius 2 is 2.35 bits per heavy atom. The topological polar surface area (TPSA) is 56.5 Å². The van der Waals surface area contributed by atoms with Gasteiger partial charge in [-0.25, -0.2) is 9.67 Å². The maximum absolute atomic E-state index is 6.02. The lowest BCUT2D eigenvalue weighted by Gasteiger charge is -2.03. The van der Waals surface area contributed by atoms with E-state index in [1.54, 1.807) is 6.20 Å². The predicted octanol–water partition coefficient (Wildman–Crippen LogP) is 2.42. The first-order chi connectivity index (χ1) is 8.31. The number of hydrogen-bond donors (Lipinski definition) is 0. The Bertz CT molecular complexity index is 487. The Balaban J connectivity index is 2.02. The summed E-state index contributed by atoms with van der Waals surface area (Å²) in [6.45, 7) is 2.92. The normalized spacial score (nSPS) is 10.7. The molecule has 0 unspecified atom stereocenters. The number of tetrazole rings is 1. The fourth-order valence-corrected chi connectivity index (χ4v) is 2.42. The lowest BCUT2D eigenvalue weighted by Crippen LogP contribution is -2.04. The standard InChI is InChI=1S/C10H12ClN5S/c1-2-6-16-9(13-14-15-16)7-17-10-8(11)4-3-5-12-10/h3-5H,2,6-7H2,1H3. The predicted molar refractivity (Wildman–Crippen MR) is 66.9 cm³/mol. The van der Waals surface area contributed by atoms with Gasteiger partial charge in [0.2, 0.25) is 0 Å². The van der Waals surface area contributed by atoms with Crippen LogP contribution in [0.1, 0.15) is 19.2 Å². The average Bonchev–Trinajstić information content (AvgIpc) is 2.76. The molecule has 0 aromatic carbocycles. The van der Waals surface area contributed by atoms with Crippen LogP contribution in [-0.4, -0.2) is 25.2 Å². The van der Waals surface area contributed by atoms with Crippen molar-refractivity contribution in [3.8, 4) is 0 Å². The van der Waals surface area contributed by atoms with Crippen LogP contribution >= 0.6 is 23.4 Å². The molecule has 2 aromatic heterocycles. The number of aromatic nitrogens is 5. The molecule has 5 nitrogen and oxygen atoms in total. The maximum atomic E-state index is 6.02. The van der Waals surface area contributed by atoms with E-state index in [0.29, 0.717) is 10.8 Å². The highest BCUT2D eigenvalue weighted by Crippen LogP contribution is 2.26. The summed E-state index contributed by atoms with van der Waals surface area (Å²) >= 11 is 7.56. The van der Waals surface area contributed by atoms with Crippen LogP contribution in [0.25, 0.3) is 0 Å². The summed E-state index contributed by atoms with van der Waals surface area (Å²) in [6, 6.07) is 3.64. The molecular formula is C10H12ClN5S. The van der Waals surface area contributed by atoms with Gasteiger partial charge in [0.05, 0.1) is 10.8 Å². The third-order valence-electron chi connectivity index (χ3n) is 2.10. The van der Waals surface area contributed by atoms with Crippen molar-refractivity contribution in [3.05, 3.63) is 29.2 Å². The van der Waals surface area contributed by atoms with Gasteiger partial charge >= 0.3 is 0 Å². The zero-order chi connectivity index (χ0) is 12.1. The van der Waals surface area contributed by atoms with E-state index in [1.807, 2.05) is 16.8 Å². The first-order valence-corrected chi connectivity index (χ1v) is 6.66. The summed E-state index contributed by atoms with van der Waals surface area (Å²) in [7, 11) is 0. The van der Waals surface area contributed by atoms with Crippen LogP contribution in [0.5, 0.6) is 0 Å². The van der Waals surface area contributed by atoms with Gasteiger partial charge < -0.3 is 0 Å². The number of thioether (sulfide) groups is 1. The van der Waals surface area contributed by atoms with Gasteiger partial charge in [-0.05, 0) is 29.0 Å². The molecule has 0 bridgehead atoms. The van der Waals surface area contributed by atoms with E-state index in [0.717, 1.165) is 23.8 Å². The van der Waals surface area contributed by atoms with E-state index in [4.69, 9.17) is 11.6 Å². The fraction of sp³-hybridized carbons (Fsp3) is 0.400. The van der Waals surface area contributed by atoms with E-state index in [1.165, 1.54) is 11.8 Å². The van der Waals surface area contributed by atoms with Crippen molar-refractivity contribution in [1.29, 1.82) is 0 Å². The molecule has 0 radical (unpaired) electrons. The number of halogens is 1. The zero-order valence-electron chi connectivity index (χ0n) is 9.38. The van der Waals surface area contributed by atoms with Crippen LogP contribution < -0.4 is 0 Å². The molecule has 2 heterocycles. The van der Waals surface area contributed by atoms with Crippen LogP contribution in [-0.2, 0) is 12.3 Å². The molecule has 17 heavy (non-hydrogen) atoms. The number of nitrogens with zero attached hydrogens (tertiary/aromatic N) is 5. The molecule has 0 spiro atoms. The summed E-state index contributed by atoms with van der Waals surface area (Å²) in [5, 5.41) is 13.1. The van der Waals surface area contributed by atoms with Gasteiger partial charge in [-0.2, -0.15) is 0 Å². The van der Waals surface area contributed by atoms with E-state index in [-0.39, 0.29) is 0 Å². The number of aryl methyl sites for hydroxylation is 1. The molecule has 0 fully saturated rings. The Labute approximate surface area is 109 Å². The summed E-state index contributed by atoms with van der Waals surface area (Å²) in [5.74, 6) is 1.52. The van der Waals surface area contributed by atoms with Gasteiger partial charge in [-0.3, -0.25) is 0 Å². The maximum Gasteiger partial charge on any atom is 0.161 e. The van der Waals surface area contributed by atoms with Gasteiger partial charge in [0.25, 0.3) is 0 Å². The molecule has 0 aliphatic rings. The summed E-state index contributed by atoms with van der Waals surface area (Å²) in [4.78, 5) is 4.21. The average molecular weight is 270 g/mol. The van der Waals surface area contributed by atoms with Crippen LogP contribution in [0.15, 0.2) is 23.4 Å². The number of pyridine rings is 1. The summed E-state index contributed by atoms with van der Waals surface area (Å²) < 4.78 is 1.81. The van der Waals surface area contributed by atoms with E-state index in [9.17, 15) is 0 Å². The molecule has 7 heteroatoms. The monoisotopic (exact) mass is 269 g/mol. The number of rotatable bonds is 5. The lowest BCUT2D eigenvalue weighted by molar-refractivity contribution is 0.564. The molecule has 0 aliphatic carbocycles. The Morgan fingerprint density at radius 1 is 1.47 bits per heavy atom. The Morgan fingerprint density at radius 3 is 3.12 bits per heavy atom. The van der Waals surface area contributed by atoms with Crippen LogP contribution in [0.4, 0.5) is 0 Å². The van der Waals surface area contributed by atoms with Gasteiger partial charge in [0.15, 0.2) is 5.82 Å². The largest absolute Gasteiger partial charge is 0.248 e. The van der Waals surface area contributed by atoms with Crippen molar-refractivity contribution in [1.82, 2.24) is 25.2 Å². The minimum atomic E-state index is 0.659. The van der Waals surface area contributed by atoms with Crippen molar-refractivity contribution in [2.75, 3.05) is 0 Å². The van der Waals surface area contributed by atoms with Gasteiger partial charge in [-0.15, -0.1) is 5.10 Å². The molecule has 0 saturated heterocycles. The highest BCUT2D eigenvalue weighted by atomic mass is 35.5. The second-order valence-electron chi connectivity index (χ2n) is 3.40. The third kappa shape index (κ3) is 3.17. The number of hydrogen-bond acceptors (Lipinski definition) is 5. The SMILES string of the molecule is CCCn1nnnc1CSc1ncccc1Cl. The highest BCUT2D eigenvalue weighted by Gasteiger charge is 2.08. The molecule has 0 amide bonds. The Kier molecular flexibility index (Phi) is 4.33. The molecule has 2 rings (SSSR count). The van der Waals surface area contributed by atoms with Crippen LogP contribution in [0.3, 0.4) is 0 Å². The van der Waals surface area contributed by atoms with Crippen LogP contribution in [0.2, 0.25) is 5.02 Å². The molecule has 0 saturated carbocycles. The quantitative estimate of drug-likeness (QED) is 0.781. The van der Waals surface area contributed by atoms with E-state index >= 15 is 0 Å². The van der Waals surface area contributed by atoms with Crippen molar-refractivity contribution < 1.29 is 0 Å². The van der Waals surface area contributed by atoms with Crippen molar-refractivity contribution in [2.24, 2.45) is 0 Å². The smallest absolute Gasteiger partial charge is 0.161 e. The second kappa shape index (κ2) is 5.97. The van der Waals surface area contributed by atoms with Gasteiger partial charge in [-0.1, -0.05) is 30.3 Å². The van der Waals surface area contributed by atoms with Gasteiger partial charge in [0, 0.05) is 12.7 Å². The molecule has 0 N–H and O–H groups in total. The van der Waals surface area contributed by atoms with Gasteiger partial charge in [0.1, 0.15) is 5.03 Å². The first-order valence-electron chi connectivity index (χ1n) is 5.29. The molecule has 90 valence electrons. The lowest BCUT2D eigenvalue weighted by atomic mass is 10.5.